The molecule has 0 spiro atoms. The van der Waals surface area contributed by atoms with Crippen LogP contribution in [0, 0.1) is 17.0 Å². The van der Waals surface area contributed by atoms with Gasteiger partial charge in [0, 0.05) is 19.2 Å². The molecule has 110 valence electrons. The van der Waals surface area contributed by atoms with Gasteiger partial charge in [0.05, 0.1) is 4.92 Å². The predicted octanol–water partition coefficient (Wildman–Crippen LogP) is 3.34. The van der Waals surface area contributed by atoms with Gasteiger partial charge in [-0.05, 0) is 25.5 Å². The minimum atomic E-state index is -0.430. The molecule has 0 aliphatic heterocycles. The summed E-state index contributed by atoms with van der Waals surface area (Å²) in [6.45, 7) is 5.16. The summed E-state index contributed by atoms with van der Waals surface area (Å²) in [6, 6.07) is 11.1. The van der Waals surface area contributed by atoms with Crippen LogP contribution in [-0.2, 0) is 6.54 Å². The lowest BCUT2D eigenvalue weighted by Gasteiger charge is -2.09. The fourth-order valence-corrected chi connectivity index (χ4v) is 1.90. The number of benzene rings is 1. The summed E-state index contributed by atoms with van der Waals surface area (Å²) in [5, 5.41) is 17.1. The third-order valence-electron chi connectivity index (χ3n) is 3.01. The Morgan fingerprint density at radius 1 is 1.14 bits per heavy atom. The van der Waals surface area contributed by atoms with Gasteiger partial charge in [-0.25, -0.2) is 4.98 Å². The number of pyridine rings is 1. The molecular weight excluding hydrogens is 268 g/mol. The number of nitro groups is 1. The van der Waals surface area contributed by atoms with Gasteiger partial charge in [0.25, 0.3) is 0 Å². The Hall–Kier alpha value is -2.63. The van der Waals surface area contributed by atoms with E-state index in [1.807, 2.05) is 38.1 Å². The highest BCUT2D eigenvalue weighted by atomic mass is 16.6. The molecule has 0 atom stereocenters. The van der Waals surface area contributed by atoms with Crippen LogP contribution in [0.25, 0.3) is 0 Å². The summed E-state index contributed by atoms with van der Waals surface area (Å²) in [6.07, 6.45) is 0. The molecule has 2 rings (SSSR count). The van der Waals surface area contributed by atoms with Crippen LogP contribution in [0.5, 0.6) is 0 Å². The quantitative estimate of drug-likeness (QED) is 0.629. The molecule has 0 radical (unpaired) electrons. The Balaban J connectivity index is 2.18. The van der Waals surface area contributed by atoms with Crippen molar-refractivity contribution in [2.75, 3.05) is 17.2 Å². The largest absolute Gasteiger partial charge is 0.370 e. The third-order valence-corrected chi connectivity index (χ3v) is 3.01. The molecule has 6 heteroatoms. The molecule has 1 heterocycles. The maximum Gasteiger partial charge on any atom is 0.311 e. The first kappa shape index (κ1) is 14.8. The van der Waals surface area contributed by atoms with Gasteiger partial charge in [-0.15, -0.1) is 0 Å². The molecule has 2 aromatic rings. The van der Waals surface area contributed by atoms with Crippen molar-refractivity contribution in [1.82, 2.24) is 4.98 Å². The van der Waals surface area contributed by atoms with E-state index in [4.69, 9.17) is 0 Å². The van der Waals surface area contributed by atoms with Crippen molar-refractivity contribution in [3.05, 3.63) is 57.6 Å². The minimum absolute atomic E-state index is 0.0243. The number of nitrogens with one attached hydrogen (secondary N) is 2. The fourth-order valence-electron chi connectivity index (χ4n) is 1.90. The average Bonchev–Trinajstić information content (AvgIpc) is 2.47. The van der Waals surface area contributed by atoms with Gasteiger partial charge in [0.2, 0.25) is 5.82 Å². The first-order valence-corrected chi connectivity index (χ1v) is 6.79. The minimum Gasteiger partial charge on any atom is -0.370 e. The van der Waals surface area contributed by atoms with Crippen molar-refractivity contribution in [3.8, 4) is 0 Å². The summed E-state index contributed by atoms with van der Waals surface area (Å²) in [7, 11) is 0. The lowest BCUT2D eigenvalue weighted by atomic mass is 10.1. The van der Waals surface area contributed by atoms with Crippen LogP contribution < -0.4 is 10.6 Å². The molecule has 2 N–H and O–H groups in total. The summed E-state index contributed by atoms with van der Waals surface area (Å²) in [5.74, 6) is 0.897. The standard InChI is InChI=1S/C15H18N4O2/c1-3-16-14-9-8-13(19(20)21)15(18-14)17-10-12-6-4-11(2)5-7-12/h4-9H,3,10H2,1-2H3,(H2,16,17,18). The van der Waals surface area contributed by atoms with Crippen molar-refractivity contribution in [2.45, 2.75) is 20.4 Å². The van der Waals surface area contributed by atoms with Gasteiger partial charge in [0.1, 0.15) is 5.82 Å². The molecule has 0 amide bonds. The van der Waals surface area contributed by atoms with Gasteiger partial charge < -0.3 is 10.6 Å². The molecule has 1 aromatic carbocycles. The SMILES string of the molecule is CCNc1ccc([N+](=O)[O-])c(NCc2ccc(C)cc2)n1. The second-order valence-corrected chi connectivity index (χ2v) is 4.69. The van der Waals surface area contributed by atoms with Gasteiger partial charge in [-0.1, -0.05) is 29.8 Å². The normalized spacial score (nSPS) is 10.2. The van der Waals surface area contributed by atoms with Crippen LogP contribution in [0.3, 0.4) is 0 Å². The molecule has 0 saturated heterocycles. The van der Waals surface area contributed by atoms with Gasteiger partial charge in [-0.3, -0.25) is 10.1 Å². The van der Waals surface area contributed by atoms with Crippen molar-refractivity contribution < 1.29 is 4.92 Å². The van der Waals surface area contributed by atoms with Crippen molar-refractivity contribution in [1.29, 1.82) is 0 Å². The van der Waals surface area contributed by atoms with Crippen LogP contribution in [0.1, 0.15) is 18.1 Å². The maximum absolute atomic E-state index is 11.1. The van der Waals surface area contributed by atoms with E-state index in [0.29, 0.717) is 18.9 Å². The van der Waals surface area contributed by atoms with E-state index in [1.54, 1.807) is 6.07 Å². The molecule has 1 aromatic heterocycles. The number of aromatic nitrogens is 1. The van der Waals surface area contributed by atoms with Crippen molar-refractivity contribution in [3.63, 3.8) is 0 Å². The van der Waals surface area contributed by atoms with E-state index >= 15 is 0 Å². The first-order chi connectivity index (χ1) is 10.1. The van der Waals surface area contributed by atoms with Gasteiger partial charge >= 0.3 is 5.69 Å². The Morgan fingerprint density at radius 2 is 1.86 bits per heavy atom. The van der Waals surface area contributed by atoms with Crippen LogP contribution in [-0.4, -0.2) is 16.5 Å². The molecule has 0 saturated carbocycles. The van der Waals surface area contributed by atoms with Gasteiger partial charge in [-0.2, -0.15) is 0 Å². The molecule has 0 aliphatic rings. The Labute approximate surface area is 123 Å². The fraction of sp³-hybridized carbons (Fsp3) is 0.267. The zero-order valence-corrected chi connectivity index (χ0v) is 12.1. The summed E-state index contributed by atoms with van der Waals surface area (Å²) >= 11 is 0. The summed E-state index contributed by atoms with van der Waals surface area (Å²) in [5.41, 5.74) is 2.20. The highest BCUT2D eigenvalue weighted by molar-refractivity contribution is 5.60. The highest BCUT2D eigenvalue weighted by Gasteiger charge is 2.15. The predicted molar refractivity (Wildman–Crippen MR) is 83.6 cm³/mol. The number of hydrogen-bond donors (Lipinski definition) is 2. The van der Waals surface area contributed by atoms with E-state index in [9.17, 15) is 10.1 Å². The second kappa shape index (κ2) is 6.69. The molecule has 6 nitrogen and oxygen atoms in total. The van der Waals surface area contributed by atoms with Crippen LogP contribution >= 0.6 is 0 Å². The van der Waals surface area contributed by atoms with Crippen LogP contribution in [0.4, 0.5) is 17.3 Å². The average molecular weight is 286 g/mol. The summed E-state index contributed by atoms with van der Waals surface area (Å²) in [4.78, 5) is 14.9. The van der Waals surface area contributed by atoms with Crippen molar-refractivity contribution >= 4 is 17.3 Å². The molecule has 0 bridgehead atoms. The summed E-state index contributed by atoms with van der Waals surface area (Å²) < 4.78 is 0. The lowest BCUT2D eigenvalue weighted by Crippen LogP contribution is -2.07. The Kier molecular flexibility index (Phi) is 4.71. The van der Waals surface area contributed by atoms with E-state index in [2.05, 4.69) is 15.6 Å². The molecule has 0 fully saturated rings. The number of rotatable bonds is 6. The van der Waals surface area contributed by atoms with Crippen molar-refractivity contribution in [2.24, 2.45) is 0 Å². The monoisotopic (exact) mass is 286 g/mol. The van der Waals surface area contributed by atoms with E-state index in [1.165, 1.54) is 11.6 Å². The third kappa shape index (κ3) is 3.92. The molecule has 0 unspecified atom stereocenters. The number of hydrogen-bond acceptors (Lipinski definition) is 5. The molecular formula is C15H18N4O2. The lowest BCUT2D eigenvalue weighted by molar-refractivity contribution is -0.384. The maximum atomic E-state index is 11.1. The van der Waals surface area contributed by atoms with Gasteiger partial charge in [0.15, 0.2) is 0 Å². The van der Waals surface area contributed by atoms with Crippen LogP contribution in [0.15, 0.2) is 36.4 Å². The van der Waals surface area contributed by atoms with E-state index in [0.717, 1.165) is 5.56 Å². The van der Waals surface area contributed by atoms with Crippen LogP contribution in [0.2, 0.25) is 0 Å². The van der Waals surface area contributed by atoms with E-state index < -0.39 is 4.92 Å². The number of aryl methyl sites for hydroxylation is 1. The zero-order valence-electron chi connectivity index (χ0n) is 12.1. The topological polar surface area (TPSA) is 80.1 Å². The first-order valence-electron chi connectivity index (χ1n) is 6.79. The molecule has 21 heavy (non-hydrogen) atoms. The van der Waals surface area contributed by atoms with E-state index in [-0.39, 0.29) is 11.5 Å². The number of anilines is 2. The zero-order chi connectivity index (χ0) is 15.2. The number of nitrogens with zero attached hydrogens (tertiary/aromatic N) is 2. The Morgan fingerprint density at radius 3 is 2.48 bits per heavy atom. The highest BCUT2D eigenvalue weighted by Crippen LogP contribution is 2.24. The molecule has 0 aliphatic carbocycles. The smallest absolute Gasteiger partial charge is 0.311 e. The Bertz CT molecular complexity index is 626. The second-order valence-electron chi connectivity index (χ2n) is 4.69.